The van der Waals surface area contributed by atoms with Crippen molar-refractivity contribution in [2.24, 2.45) is 5.73 Å². The Hall–Kier alpha value is -2.82. The summed E-state index contributed by atoms with van der Waals surface area (Å²) in [7, 11) is 0. The fourth-order valence-electron chi connectivity index (χ4n) is 2.32. The zero-order valence-corrected chi connectivity index (χ0v) is 14.3. The average molecular weight is 326 g/mol. The summed E-state index contributed by atoms with van der Waals surface area (Å²) >= 11 is 0. The summed E-state index contributed by atoms with van der Waals surface area (Å²) < 4.78 is 5.70. The first kappa shape index (κ1) is 17.5. The van der Waals surface area contributed by atoms with Crippen LogP contribution in [0.1, 0.15) is 34.0 Å². The molecule has 0 aliphatic carbocycles. The molecule has 2 aromatic rings. The number of hydrogen-bond acceptors (Lipinski definition) is 3. The molecule has 0 aliphatic heterocycles. The smallest absolute Gasteiger partial charge is 0.265 e. The number of nitrogens with one attached hydrogen (secondary N) is 1. The summed E-state index contributed by atoms with van der Waals surface area (Å²) in [5.41, 5.74) is 9.16. The fourth-order valence-corrected chi connectivity index (χ4v) is 2.32. The molecule has 0 saturated carbocycles. The van der Waals surface area contributed by atoms with Gasteiger partial charge in [-0.15, -0.1) is 0 Å². The van der Waals surface area contributed by atoms with Crippen LogP contribution < -0.4 is 15.8 Å². The predicted molar refractivity (Wildman–Crippen MR) is 94.3 cm³/mol. The topological polar surface area (TPSA) is 81.4 Å². The number of amides is 2. The van der Waals surface area contributed by atoms with Crippen LogP contribution in [0.3, 0.4) is 0 Å². The van der Waals surface area contributed by atoms with Gasteiger partial charge >= 0.3 is 0 Å². The molecule has 0 bridgehead atoms. The van der Waals surface area contributed by atoms with Gasteiger partial charge in [-0.2, -0.15) is 0 Å². The number of hydrogen-bond donors (Lipinski definition) is 2. The van der Waals surface area contributed by atoms with Gasteiger partial charge in [-0.3, -0.25) is 9.59 Å². The Balaban J connectivity index is 2.10. The summed E-state index contributed by atoms with van der Waals surface area (Å²) in [5, 5.41) is 2.78. The van der Waals surface area contributed by atoms with Crippen LogP contribution in [-0.2, 0) is 4.79 Å². The Morgan fingerprint density at radius 2 is 1.79 bits per heavy atom. The van der Waals surface area contributed by atoms with E-state index < -0.39 is 12.0 Å². The van der Waals surface area contributed by atoms with E-state index in [4.69, 9.17) is 10.5 Å². The first-order valence-corrected chi connectivity index (χ1v) is 7.73. The second kappa shape index (κ2) is 7.17. The van der Waals surface area contributed by atoms with Crippen LogP contribution in [0.2, 0.25) is 0 Å². The van der Waals surface area contributed by atoms with Gasteiger partial charge in [0.2, 0.25) is 5.91 Å². The molecule has 0 spiro atoms. The van der Waals surface area contributed by atoms with Crippen molar-refractivity contribution in [3.05, 3.63) is 58.7 Å². The number of nitrogens with two attached hydrogens (primary N) is 1. The van der Waals surface area contributed by atoms with Crippen molar-refractivity contribution >= 4 is 17.5 Å². The Morgan fingerprint density at radius 1 is 1.08 bits per heavy atom. The van der Waals surface area contributed by atoms with Crippen LogP contribution in [0, 0.1) is 20.8 Å². The lowest BCUT2D eigenvalue weighted by Crippen LogP contribution is -2.30. The molecule has 1 atom stereocenters. The third-order valence-corrected chi connectivity index (χ3v) is 4.02. The Kier molecular flexibility index (Phi) is 5.24. The molecule has 0 aliphatic rings. The summed E-state index contributed by atoms with van der Waals surface area (Å²) in [5.74, 6) is -0.177. The van der Waals surface area contributed by atoms with E-state index in [2.05, 4.69) is 5.32 Å². The van der Waals surface area contributed by atoms with E-state index in [1.807, 2.05) is 32.0 Å². The number of benzene rings is 2. The van der Waals surface area contributed by atoms with E-state index in [1.165, 1.54) is 5.56 Å². The van der Waals surface area contributed by atoms with Crippen molar-refractivity contribution in [2.45, 2.75) is 33.8 Å². The number of ether oxygens (including phenoxy) is 1. The molecule has 2 amide bonds. The van der Waals surface area contributed by atoms with Crippen LogP contribution in [0.25, 0.3) is 0 Å². The van der Waals surface area contributed by atoms with E-state index in [0.717, 1.165) is 5.56 Å². The van der Waals surface area contributed by atoms with Gasteiger partial charge in [0.15, 0.2) is 6.10 Å². The maximum Gasteiger partial charge on any atom is 0.265 e. The molecule has 5 heteroatoms. The van der Waals surface area contributed by atoms with Crippen molar-refractivity contribution in [1.29, 1.82) is 0 Å². The molecular formula is C19H22N2O3. The highest BCUT2D eigenvalue weighted by Crippen LogP contribution is 2.21. The molecule has 126 valence electrons. The van der Waals surface area contributed by atoms with Gasteiger partial charge in [-0.25, -0.2) is 0 Å². The molecule has 0 radical (unpaired) electrons. The zero-order chi connectivity index (χ0) is 17.9. The lowest BCUT2D eigenvalue weighted by Gasteiger charge is -2.17. The van der Waals surface area contributed by atoms with E-state index in [1.54, 1.807) is 32.0 Å². The number of primary amides is 1. The number of aryl methyl sites for hydroxylation is 2. The lowest BCUT2D eigenvalue weighted by atomic mass is 10.1. The molecule has 0 heterocycles. The SMILES string of the molecule is Cc1ccc(O[C@@H](C)C(=O)Nc2cccc(C(N)=O)c2C)cc1C. The largest absolute Gasteiger partial charge is 0.481 e. The molecule has 0 fully saturated rings. The molecule has 0 aromatic heterocycles. The minimum atomic E-state index is -0.677. The van der Waals surface area contributed by atoms with Crippen LogP contribution in [0.15, 0.2) is 36.4 Å². The molecule has 2 aromatic carbocycles. The number of anilines is 1. The zero-order valence-electron chi connectivity index (χ0n) is 14.3. The van der Waals surface area contributed by atoms with E-state index in [0.29, 0.717) is 22.6 Å². The molecule has 5 nitrogen and oxygen atoms in total. The molecule has 0 saturated heterocycles. The highest BCUT2D eigenvalue weighted by molar-refractivity contribution is 5.99. The normalized spacial score (nSPS) is 11.7. The number of carbonyl (C=O) groups excluding carboxylic acids is 2. The van der Waals surface area contributed by atoms with Gasteiger partial charge in [0, 0.05) is 11.3 Å². The Morgan fingerprint density at radius 3 is 2.42 bits per heavy atom. The van der Waals surface area contributed by atoms with Gasteiger partial charge in [0.1, 0.15) is 5.75 Å². The van der Waals surface area contributed by atoms with Crippen molar-refractivity contribution < 1.29 is 14.3 Å². The van der Waals surface area contributed by atoms with Crippen molar-refractivity contribution in [3.63, 3.8) is 0 Å². The third kappa shape index (κ3) is 3.93. The number of rotatable bonds is 5. The highest BCUT2D eigenvalue weighted by atomic mass is 16.5. The van der Waals surface area contributed by atoms with Crippen LogP contribution in [0.4, 0.5) is 5.69 Å². The van der Waals surface area contributed by atoms with E-state index >= 15 is 0 Å². The monoisotopic (exact) mass is 326 g/mol. The molecule has 24 heavy (non-hydrogen) atoms. The molecule has 2 rings (SSSR count). The lowest BCUT2D eigenvalue weighted by molar-refractivity contribution is -0.122. The molecular weight excluding hydrogens is 304 g/mol. The second-order valence-electron chi connectivity index (χ2n) is 5.84. The standard InChI is InChI=1S/C19H22N2O3/c1-11-8-9-15(10-12(11)2)24-14(4)19(23)21-17-7-5-6-16(13(17)3)18(20)22/h5-10,14H,1-4H3,(H2,20,22)(H,21,23)/t14-/m0/s1. The Labute approximate surface area is 141 Å². The Bertz CT molecular complexity index is 784. The van der Waals surface area contributed by atoms with Crippen LogP contribution in [0.5, 0.6) is 5.75 Å². The summed E-state index contributed by atoms with van der Waals surface area (Å²) in [6.45, 7) is 7.43. The predicted octanol–water partition coefficient (Wildman–Crippen LogP) is 3.12. The van der Waals surface area contributed by atoms with E-state index in [-0.39, 0.29) is 5.91 Å². The van der Waals surface area contributed by atoms with Crippen LogP contribution in [-0.4, -0.2) is 17.9 Å². The molecule has 3 N–H and O–H groups in total. The van der Waals surface area contributed by atoms with Crippen molar-refractivity contribution in [2.75, 3.05) is 5.32 Å². The third-order valence-electron chi connectivity index (χ3n) is 4.02. The summed E-state index contributed by atoms with van der Waals surface area (Å²) in [4.78, 5) is 23.7. The summed E-state index contributed by atoms with van der Waals surface area (Å²) in [6, 6.07) is 10.7. The van der Waals surface area contributed by atoms with Gasteiger partial charge in [0.25, 0.3) is 5.91 Å². The second-order valence-corrected chi connectivity index (χ2v) is 5.84. The average Bonchev–Trinajstić information content (AvgIpc) is 2.52. The van der Waals surface area contributed by atoms with Crippen molar-refractivity contribution in [1.82, 2.24) is 0 Å². The quantitative estimate of drug-likeness (QED) is 0.886. The maximum absolute atomic E-state index is 12.3. The van der Waals surface area contributed by atoms with Gasteiger partial charge < -0.3 is 15.8 Å². The minimum Gasteiger partial charge on any atom is -0.481 e. The fraction of sp³-hybridized carbons (Fsp3) is 0.263. The number of carbonyl (C=O) groups is 2. The first-order valence-electron chi connectivity index (χ1n) is 7.73. The van der Waals surface area contributed by atoms with Gasteiger partial charge in [-0.05, 0) is 68.7 Å². The maximum atomic E-state index is 12.3. The van der Waals surface area contributed by atoms with Crippen LogP contribution >= 0.6 is 0 Å². The summed E-state index contributed by atoms with van der Waals surface area (Å²) in [6.07, 6.45) is -0.677. The van der Waals surface area contributed by atoms with Crippen molar-refractivity contribution in [3.8, 4) is 5.75 Å². The van der Waals surface area contributed by atoms with Gasteiger partial charge in [0.05, 0.1) is 0 Å². The minimum absolute atomic E-state index is 0.294. The first-order chi connectivity index (χ1) is 11.3. The molecule has 0 unspecified atom stereocenters. The van der Waals surface area contributed by atoms with Gasteiger partial charge in [-0.1, -0.05) is 12.1 Å². The van der Waals surface area contributed by atoms with E-state index in [9.17, 15) is 9.59 Å². The highest BCUT2D eigenvalue weighted by Gasteiger charge is 2.17.